The molecule has 1 aromatic carbocycles. The summed E-state index contributed by atoms with van der Waals surface area (Å²) in [7, 11) is 0. The highest BCUT2D eigenvalue weighted by Crippen LogP contribution is 2.34. The Kier molecular flexibility index (Phi) is 4.04. The van der Waals surface area contributed by atoms with Crippen molar-refractivity contribution < 1.29 is 10.0 Å². The van der Waals surface area contributed by atoms with Crippen LogP contribution in [0.15, 0.2) is 18.2 Å². The highest BCUT2D eigenvalue weighted by Gasteiger charge is 2.23. The van der Waals surface area contributed by atoms with E-state index in [1.165, 1.54) is 6.07 Å². The van der Waals surface area contributed by atoms with Gasteiger partial charge >= 0.3 is 5.69 Å². The minimum atomic E-state index is -0.470. The maximum Gasteiger partial charge on any atom is 0.310 e. The number of anilines is 1. The fourth-order valence-electron chi connectivity index (χ4n) is 2.26. The van der Waals surface area contributed by atoms with Crippen LogP contribution in [0.3, 0.4) is 0 Å². The van der Waals surface area contributed by atoms with Gasteiger partial charge in [0.25, 0.3) is 0 Å². The van der Waals surface area contributed by atoms with Gasteiger partial charge in [-0.15, -0.1) is 0 Å². The molecule has 0 radical (unpaired) electrons. The van der Waals surface area contributed by atoms with Gasteiger partial charge in [0.15, 0.2) is 0 Å². The third kappa shape index (κ3) is 2.91. The summed E-state index contributed by atoms with van der Waals surface area (Å²) in [6.45, 7) is 0. The van der Waals surface area contributed by atoms with Gasteiger partial charge < -0.3 is 10.4 Å². The van der Waals surface area contributed by atoms with Crippen molar-refractivity contribution in [1.29, 1.82) is 0 Å². The molecular formula is C12H15ClN2O3. The van der Waals surface area contributed by atoms with E-state index in [1.807, 2.05) is 0 Å². The summed E-state index contributed by atoms with van der Waals surface area (Å²) in [5, 5.41) is 23.7. The Morgan fingerprint density at radius 3 is 2.61 bits per heavy atom. The number of halogens is 1. The zero-order valence-electron chi connectivity index (χ0n) is 9.80. The number of para-hydroxylation sites is 1. The van der Waals surface area contributed by atoms with Crippen LogP contribution in [0.5, 0.6) is 0 Å². The predicted molar refractivity (Wildman–Crippen MR) is 70.0 cm³/mol. The van der Waals surface area contributed by atoms with E-state index >= 15 is 0 Å². The lowest BCUT2D eigenvalue weighted by atomic mass is 9.93. The number of rotatable bonds is 3. The smallest absolute Gasteiger partial charge is 0.310 e. The fourth-order valence-corrected chi connectivity index (χ4v) is 2.50. The van der Waals surface area contributed by atoms with Crippen molar-refractivity contribution in [1.82, 2.24) is 0 Å². The van der Waals surface area contributed by atoms with Gasteiger partial charge in [-0.05, 0) is 37.8 Å². The number of benzene rings is 1. The molecule has 18 heavy (non-hydrogen) atoms. The van der Waals surface area contributed by atoms with Crippen molar-refractivity contribution in [3.8, 4) is 0 Å². The average Bonchev–Trinajstić information content (AvgIpc) is 2.32. The second-order valence-electron chi connectivity index (χ2n) is 4.54. The molecule has 0 atom stereocenters. The topological polar surface area (TPSA) is 75.4 Å². The Balaban J connectivity index is 2.14. The molecule has 98 valence electrons. The third-order valence-electron chi connectivity index (χ3n) is 3.23. The lowest BCUT2D eigenvalue weighted by Gasteiger charge is -2.26. The van der Waals surface area contributed by atoms with E-state index in [9.17, 15) is 15.2 Å². The number of nitrogens with one attached hydrogen (secondary N) is 1. The van der Waals surface area contributed by atoms with E-state index < -0.39 is 4.92 Å². The fraction of sp³-hybridized carbons (Fsp3) is 0.500. The van der Waals surface area contributed by atoms with Crippen molar-refractivity contribution >= 4 is 23.0 Å². The first-order valence-corrected chi connectivity index (χ1v) is 6.33. The van der Waals surface area contributed by atoms with E-state index in [4.69, 9.17) is 11.6 Å². The van der Waals surface area contributed by atoms with Gasteiger partial charge in [0.1, 0.15) is 10.7 Å². The zero-order chi connectivity index (χ0) is 13.1. The lowest BCUT2D eigenvalue weighted by Crippen LogP contribution is -2.28. The van der Waals surface area contributed by atoms with Crippen LogP contribution in [-0.2, 0) is 0 Å². The molecule has 0 bridgehead atoms. The standard InChI is InChI=1S/C12H15ClN2O3/c13-10-2-1-3-11(12(10)15(17)18)14-8-4-6-9(16)7-5-8/h1-3,8-9,14,16H,4-7H2. The van der Waals surface area contributed by atoms with Crippen molar-refractivity contribution in [2.45, 2.75) is 37.8 Å². The molecule has 0 amide bonds. The highest BCUT2D eigenvalue weighted by molar-refractivity contribution is 6.33. The molecule has 0 saturated heterocycles. The summed E-state index contributed by atoms with van der Waals surface area (Å²) in [6, 6.07) is 5.02. The number of aliphatic hydroxyl groups is 1. The Morgan fingerprint density at radius 2 is 2.00 bits per heavy atom. The molecule has 1 fully saturated rings. The van der Waals surface area contributed by atoms with Crippen LogP contribution in [0.2, 0.25) is 5.02 Å². The minimum Gasteiger partial charge on any atom is -0.393 e. The molecule has 5 nitrogen and oxygen atoms in total. The second-order valence-corrected chi connectivity index (χ2v) is 4.95. The predicted octanol–water partition coefficient (Wildman–Crippen LogP) is 2.96. The summed E-state index contributed by atoms with van der Waals surface area (Å²) in [6.07, 6.45) is 2.84. The quantitative estimate of drug-likeness (QED) is 0.654. The van der Waals surface area contributed by atoms with E-state index in [-0.39, 0.29) is 22.9 Å². The molecule has 6 heteroatoms. The lowest BCUT2D eigenvalue weighted by molar-refractivity contribution is -0.383. The van der Waals surface area contributed by atoms with Crippen molar-refractivity contribution in [2.24, 2.45) is 0 Å². The maximum absolute atomic E-state index is 11.0. The van der Waals surface area contributed by atoms with Gasteiger partial charge in [0, 0.05) is 6.04 Å². The van der Waals surface area contributed by atoms with Gasteiger partial charge in [-0.1, -0.05) is 17.7 Å². The Labute approximate surface area is 110 Å². The first-order valence-electron chi connectivity index (χ1n) is 5.95. The number of nitro groups is 1. The Bertz CT molecular complexity index is 445. The molecule has 0 aromatic heterocycles. The van der Waals surface area contributed by atoms with E-state index in [2.05, 4.69) is 5.32 Å². The van der Waals surface area contributed by atoms with Crippen molar-refractivity contribution in [3.05, 3.63) is 33.3 Å². The summed E-state index contributed by atoms with van der Waals surface area (Å²) in [5.41, 5.74) is 0.374. The normalized spacial score (nSPS) is 23.7. The second kappa shape index (κ2) is 5.54. The van der Waals surface area contributed by atoms with Gasteiger partial charge in [-0.3, -0.25) is 10.1 Å². The molecule has 1 aromatic rings. The Morgan fingerprint density at radius 1 is 1.33 bits per heavy atom. The van der Waals surface area contributed by atoms with Gasteiger partial charge in [-0.25, -0.2) is 0 Å². The molecular weight excluding hydrogens is 256 g/mol. The molecule has 1 aliphatic rings. The zero-order valence-corrected chi connectivity index (χ0v) is 10.6. The molecule has 0 aliphatic heterocycles. The molecule has 0 unspecified atom stereocenters. The van der Waals surface area contributed by atoms with Crippen LogP contribution in [0, 0.1) is 10.1 Å². The number of nitro benzene ring substituents is 1. The van der Waals surface area contributed by atoms with Crippen LogP contribution >= 0.6 is 11.6 Å². The molecule has 0 heterocycles. The number of hydrogen-bond donors (Lipinski definition) is 2. The van der Waals surface area contributed by atoms with Crippen molar-refractivity contribution in [2.75, 3.05) is 5.32 Å². The van der Waals surface area contributed by atoms with Gasteiger partial charge in [0.2, 0.25) is 0 Å². The monoisotopic (exact) mass is 270 g/mol. The molecule has 1 aliphatic carbocycles. The van der Waals surface area contributed by atoms with Crippen LogP contribution in [0.4, 0.5) is 11.4 Å². The number of nitrogens with zero attached hydrogens (tertiary/aromatic N) is 1. The van der Waals surface area contributed by atoms with Gasteiger partial charge in [-0.2, -0.15) is 0 Å². The first-order chi connectivity index (χ1) is 8.58. The molecule has 1 saturated carbocycles. The Hall–Kier alpha value is -1.33. The number of hydrogen-bond acceptors (Lipinski definition) is 4. The van der Waals surface area contributed by atoms with E-state index in [0.717, 1.165) is 25.7 Å². The number of aliphatic hydroxyl groups excluding tert-OH is 1. The third-order valence-corrected chi connectivity index (χ3v) is 3.53. The summed E-state index contributed by atoms with van der Waals surface area (Å²) in [4.78, 5) is 10.5. The van der Waals surface area contributed by atoms with Crippen LogP contribution in [0.1, 0.15) is 25.7 Å². The van der Waals surface area contributed by atoms with Crippen LogP contribution < -0.4 is 5.32 Å². The van der Waals surface area contributed by atoms with Crippen molar-refractivity contribution in [3.63, 3.8) is 0 Å². The van der Waals surface area contributed by atoms with E-state index in [1.54, 1.807) is 12.1 Å². The average molecular weight is 271 g/mol. The van der Waals surface area contributed by atoms with Gasteiger partial charge in [0.05, 0.1) is 11.0 Å². The SMILES string of the molecule is O=[N+]([O-])c1c(Cl)cccc1NC1CCC(O)CC1. The first kappa shape index (κ1) is 13.1. The maximum atomic E-state index is 11.0. The summed E-state index contributed by atoms with van der Waals surface area (Å²) >= 11 is 5.84. The van der Waals surface area contributed by atoms with Crippen LogP contribution in [-0.4, -0.2) is 22.2 Å². The minimum absolute atomic E-state index is 0.0784. The molecule has 2 N–H and O–H groups in total. The highest BCUT2D eigenvalue weighted by atomic mass is 35.5. The summed E-state index contributed by atoms with van der Waals surface area (Å²) in [5.74, 6) is 0. The molecule has 0 spiro atoms. The largest absolute Gasteiger partial charge is 0.393 e. The summed E-state index contributed by atoms with van der Waals surface area (Å²) < 4.78 is 0. The van der Waals surface area contributed by atoms with Crippen LogP contribution in [0.25, 0.3) is 0 Å². The van der Waals surface area contributed by atoms with E-state index in [0.29, 0.717) is 5.69 Å². The molecule has 2 rings (SSSR count).